The summed E-state index contributed by atoms with van der Waals surface area (Å²) in [4.78, 5) is 0. The number of hydrogen-bond donors (Lipinski definition) is 0. The van der Waals surface area contributed by atoms with E-state index in [2.05, 4.69) is 86.6 Å². The minimum absolute atomic E-state index is 0. The zero-order valence-electron chi connectivity index (χ0n) is 19.8. The molecule has 0 fully saturated rings. The molecule has 0 aromatic heterocycles. The van der Waals surface area contributed by atoms with Crippen molar-refractivity contribution in [3.05, 3.63) is 60.2 Å². The van der Waals surface area contributed by atoms with Gasteiger partial charge in [0, 0.05) is 0 Å². The topological polar surface area (TPSA) is 0 Å². The molecule has 0 spiro atoms. The maximum Gasteiger partial charge on any atom is 2.00 e. The van der Waals surface area contributed by atoms with Crippen molar-refractivity contribution in [1.82, 2.24) is 0 Å². The fraction of sp³-hybridized carbons (Fsp3) is 0.565. The van der Waals surface area contributed by atoms with Crippen LogP contribution in [-0.4, -0.2) is 28.4 Å². The summed E-state index contributed by atoms with van der Waals surface area (Å²) in [6.45, 7) is 22.5. The number of hydrogen-bond acceptors (Lipinski definition) is 0. The van der Waals surface area contributed by atoms with E-state index in [0.29, 0.717) is 0 Å². The quantitative estimate of drug-likeness (QED) is 0.181. The van der Waals surface area contributed by atoms with Gasteiger partial charge in [-0.3, -0.25) is 0 Å². The zero-order valence-corrected chi connectivity index (χ0v) is 20.9. The van der Waals surface area contributed by atoms with Crippen LogP contribution < -0.4 is 0 Å². The standard InChI is InChI=1S/C18H33N.C5H5.BF4.Fe/c1-16(2,3)19(17(4,5)6,18(7,8)9)14-15-12-10-11-13-15;1-2-4-5-3-1;2-1(3,4)5;/h10-13H,14H2,1-9H3;1-5H;;/q;2*-1;+2. The Hall–Kier alpha value is -1.04. The normalized spacial score (nSPS) is 12.7. The average Bonchev–Trinajstić information content (AvgIpc) is 3.15. The Morgan fingerprint density at radius 1 is 0.733 bits per heavy atom. The Labute approximate surface area is 191 Å². The van der Waals surface area contributed by atoms with Crippen molar-refractivity contribution >= 4 is 7.25 Å². The minimum Gasteiger partial charge on any atom is -0.418 e. The molecule has 0 N–H and O–H groups in total. The van der Waals surface area contributed by atoms with Gasteiger partial charge in [-0.15, -0.1) is 5.56 Å². The van der Waals surface area contributed by atoms with Crippen LogP contribution in [0.3, 0.4) is 0 Å². The summed E-state index contributed by atoms with van der Waals surface area (Å²) < 4.78 is 40.1. The molecule has 0 saturated heterocycles. The molecule has 0 saturated carbocycles. The van der Waals surface area contributed by atoms with Crippen molar-refractivity contribution in [3.8, 4) is 0 Å². The molecule has 7 heteroatoms. The van der Waals surface area contributed by atoms with E-state index < -0.39 is 7.25 Å². The smallest absolute Gasteiger partial charge is 0.418 e. The predicted octanol–water partition coefficient (Wildman–Crippen LogP) is 7.82. The van der Waals surface area contributed by atoms with Crippen molar-refractivity contribution in [2.45, 2.75) is 85.5 Å². The van der Waals surface area contributed by atoms with Crippen LogP contribution in [0.2, 0.25) is 0 Å². The maximum absolute atomic E-state index is 9.75. The third kappa shape index (κ3) is 9.85. The van der Waals surface area contributed by atoms with Gasteiger partial charge in [0.05, 0.1) is 23.2 Å². The molecular weight excluding hydrogens is 433 g/mol. The predicted molar refractivity (Wildman–Crippen MR) is 117 cm³/mol. The fourth-order valence-corrected chi connectivity index (χ4v) is 4.84. The van der Waals surface area contributed by atoms with E-state index in [1.54, 1.807) is 0 Å². The molecule has 0 heterocycles. The van der Waals surface area contributed by atoms with E-state index in [9.17, 15) is 17.3 Å². The van der Waals surface area contributed by atoms with E-state index in [1.165, 1.54) is 5.56 Å². The molecule has 2 aromatic rings. The second-order valence-corrected chi connectivity index (χ2v) is 10.2. The molecule has 0 aliphatic carbocycles. The molecule has 0 bridgehead atoms. The Morgan fingerprint density at radius 2 is 1.10 bits per heavy atom. The van der Waals surface area contributed by atoms with Gasteiger partial charge in [-0.05, 0) is 62.3 Å². The van der Waals surface area contributed by atoms with E-state index in [-0.39, 0.29) is 33.7 Å². The van der Waals surface area contributed by atoms with Gasteiger partial charge in [0.15, 0.2) is 0 Å². The Bertz CT molecular complexity index is 599. The number of quaternary nitrogens is 1. The first kappa shape index (κ1) is 31.2. The van der Waals surface area contributed by atoms with Crippen LogP contribution in [0.5, 0.6) is 0 Å². The summed E-state index contributed by atoms with van der Waals surface area (Å²) in [6, 6.07) is 18.8. The molecule has 0 amide bonds. The van der Waals surface area contributed by atoms with Crippen molar-refractivity contribution in [2.75, 3.05) is 0 Å². The summed E-state index contributed by atoms with van der Waals surface area (Å²) in [5.41, 5.74) is 2.01. The summed E-state index contributed by atoms with van der Waals surface area (Å²) in [7, 11) is -6.00. The summed E-state index contributed by atoms with van der Waals surface area (Å²) >= 11 is 0. The van der Waals surface area contributed by atoms with E-state index in [1.807, 2.05) is 30.3 Å². The molecule has 0 atom stereocenters. The third-order valence-corrected chi connectivity index (χ3v) is 5.14. The monoisotopic (exact) mass is 471 g/mol. The van der Waals surface area contributed by atoms with Gasteiger partial charge in [0.2, 0.25) is 0 Å². The van der Waals surface area contributed by atoms with E-state index >= 15 is 0 Å². The molecule has 1 nitrogen and oxygen atoms in total. The van der Waals surface area contributed by atoms with Crippen molar-refractivity contribution in [3.63, 3.8) is 0 Å². The molecule has 2 rings (SSSR count). The Morgan fingerprint density at radius 3 is 1.30 bits per heavy atom. The minimum atomic E-state index is -6.00. The maximum atomic E-state index is 9.75. The van der Waals surface area contributed by atoms with Crippen LogP contribution in [0.1, 0.15) is 67.9 Å². The van der Waals surface area contributed by atoms with Crippen molar-refractivity contribution in [2.24, 2.45) is 0 Å². The fourth-order valence-electron chi connectivity index (χ4n) is 4.84. The molecule has 30 heavy (non-hydrogen) atoms. The van der Waals surface area contributed by atoms with Gasteiger partial charge in [0.1, 0.15) is 0 Å². The molecule has 0 unspecified atom stereocenters. The van der Waals surface area contributed by atoms with Crippen LogP contribution >= 0.6 is 0 Å². The van der Waals surface area contributed by atoms with Crippen LogP contribution in [0, 0.1) is 0 Å². The summed E-state index contributed by atoms with van der Waals surface area (Å²) in [6.07, 6.45) is 0. The van der Waals surface area contributed by atoms with E-state index in [4.69, 9.17) is 0 Å². The van der Waals surface area contributed by atoms with Crippen LogP contribution in [0.25, 0.3) is 0 Å². The largest absolute Gasteiger partial charge is 2.00 e. The number of halogens is 4. The SMILES string of the molecule is CC(C)(C)[N+](Cc1ccc[cH-]1)(C(C)(C)C)C(C)(C)C.F[B-](F)(F)F.[Fe+2].c1cc[cH-]c1. The van der Waals surface area contributed by atoms with Gasteiger partial charge >= 0.3 is 24.3 Å². The van der Waals surface area contributed by atoms with Gasteiger partial charge in [0.25, 0.3) is 0 Å². The van der Waals surface area contributed by atoms with Crippen LogP contribution in [0.15, 0.2) is 54.6 Å². The third-order valence-electron chi connectivity index (χ3n) is 5.14. The number of nitrogens with zero attached hydrogens (tertiary/aromatic N) is 1. The van der Waals surface area contributed by atoms with Crippen molar-refractivity contribution < 1.29 is 38.8 Å². The zero-order chi connectivity index (χ0) is 23.1. The summed E-state index contributed by atoms with van der Waals surface area (Å²) in [5.74, 6) is 0. The first-order valence-corrected chi connectivity index (χ1v) is 9.96. The Balaban J connectivity index is 0. The molecule has 0 aliphatic rings. The van der Waals surface area contributed by atoms with E-state index in [0.717, 1.165) is 11.0 Å². The van der Waals surface area contributed by atoms with Gasteiger partial charge in [-0.25, -0.2) is 24.3 Å². The van der Waals surface area contributed by atoms with Gasteiger partial charge < -0.3 is 21.7 Å². The molecule has 0 radical (unpaired) electrons. The summed E-state index contributed by atoms with van der Waals surface area (Å²) in [5, 5.41) is 0. The van der Waals surface area contributed by atoms with Crippen LogP contribution in [0.4, 0.5) is 17.3 Å². The first-order chi connectivity index (χ1) is 12.8. The second kappa shape index (κ2) is 11.5. The Kier molecular flexibility index (Phi) is 12.0. The molecule has 2 aromatic carbocycles. The molecule has 0 aliphatic heterocycles. The molecular formula is C23H38BF4FeN. The van der Waals surface area contributed by atoms with Gasteiger partial charge in [-0.1, -0.05) is 0 Å². The van der Waals surface area contributed by atoms with Crippen LogP contribution in [-0.2, 0) is 23.6 Å². The van der Waals surface area contributed by atoms with Gasteiger partial charge in [-0.2, -0.15) is 30.3 Å². The second-order valence-electron chi connectivity index (χ2n) is 10.2. The average molecular weight is 471 g/mol. The van der Waals surface area contributed by atoms with Crippen molar-refractivity contribution in [1.29, 1.82) is 0 Å². The first-order valence-electron chi connectivity index (χ1n) is 9.96. The number of rotatable bonds is 2. The molecule has 174 valence electrons.